The van der Waals surface area contributed by atoms with Crippen LogP contribution in [0.1, 0.15) is 38.7 Å². The number of nitro groups is 1. The Morgan fingerprint density at radius 3 is 2.32 bits per heavy atom. The minimum atomic E-state index is -0.660. The molecule has 2 aliphatic rings. The molecule has 0 amide bonds. The molecule has 154 valence electrons. The van der Waals surface area contributed by atoms with Crippen molar-refractivity contribution < 1.29 is 23.9 Å². The number of methoxy groups -OCH3 is 2. The molecule has 0 aromatic heterocycles. The molecule has 0 fully saturated rings. The third-order valence-corrected chi connectivity index (χ3v) is 5.60. The van der Waals surface area contributed by atoms with Gasteiger partial charge in [0.05, 0.1) is 24.7 Å². The van der Waals surface area contributed by atoms with E-state index in [-0.39, 0.29) is 11.5 Å². The van der Waals surface area contributed by atoms with E-state index in [1.54, 1.807) is 30.3 Å². The van der Waals surface area contributed by atoms with Crippen molar-refractivity contribution in [2.24, 2.45) is 0 Å². The van der Waals surface area contributed by atoms with Gasteiger partial charge in [-0.2, -0.15) is 0 Å². The maximum absolute atomic E-state index is 13.2. The standard InChI is InChI=1S/C24H17NO6/c1-29-19-11-17-18(12-20(19)30-2)23(13-6-5-7-14(10-13)25(27)28)31-24-16-9-4-3-8-15(16)22(26)21(17)24/h3-12,23H,1-2H3/t23-/m0/s1. The molecule has 3 aromatic carbocycles. The Bertz CT molecular complexity index is 1290. The smallest absolute Gasteiger partial charge is 0.269 e. The predicted molar refractivity (Wildman–Crippen MR) is 113 cm³/mol. The molecule has 31 heavy (non-hydrogen) atoms. The number of allylic oxidation sites excluding steroid dienone is 1. The Hall–Kier alpha value is -4.13. The van der Waals surface area contributed by atoms with Crippen molar-refractivity contribution in [1.29, 1.82) is 0 Å². The summed E-state index contributed by atoms with van der Waals surface area (Å²) in [6.07, 6.45) is -0.660. The van der Waals surface area contributed by atoms with Crippen LogP contribution in [0.3, 0.4) is 0 Å². The van der Waals surface area contributed by atoms with Gasteiger partial charge < -0.3 is 14.2 Å². The molecule has 0 saturated heterocycles. The average molecular weight is 415 g/mol. The van der Waals surface area contributed by atoms with E-state index < -0.39 is 11.0 Å². The van der Waals surface area contributed by atoms with E-state index in [0.717, 1.165) is 0 Å². The van der Waals surface area contributed by atoms with Crippen LogP contribution in [0.4, 0.5) is 5.69 Å². The van der Waals surface area contributed by atoms with Crippen LogP contribution in [0, 0.1) is 10.1 Å². The molecule has 7 heteroatoms. The molecular formula is C24H17NO6. The van der Waals surface area contributed by atoms with Gasteiger partial charge in [-0.05, 0) is 12.1 Å². The monoisotopic (exact) mass is 415 g/mol. The number of non-ortho nitro benzene ring substituents is 1. The molecule has 0 unspecified atom stereocenters. The third-order valence-electron chi connectivity index (χ3n) is 5.60. The van der Waals surface area contributed by atoms with Crippen molar-refractivity contribution in [2.45, 2.75) is 6.10 Å². The lowest BCUT2D eigenvalue weighted by Crippen LogP contribution is -2.15. The highest BCUT2D eigenvalue weighted by molar-refractivity contribution is 6.39. The van der Waals surface area contributed by atoms with Crippen molar-refractivity contribution in [3.8, 4) is 11.5 Å². The Kier molecular flexibility index (Phi) is 4.25. The van der Waals surface area contributed by atoms with E-state index in [2.05, 4.69) is 0 Å². The summed E-state index contributed by atoms with van der Waals surface area (Å²) in [4.78, 5) is 24.1. The average Bonchev–Trinajstić information content (AvgIpc) is 3.09. The number of ether oxygens (including phenoxy) is 3. The summed E-state index contributed by atoms with van der Waals surface area (Å²) in [7, 11) is 3.06. The van der Waals surface area contributed by atoms with Gasteiger partial charge in [-0.15, -0.1) is 0 Å². The van der Waals surface area contributed by atoms with Crippen molar-refractivity contribution in [3.05, 3.63) is 98.6 Å². The Balaban J connectivity index is 1.77. The number of Topliss-reactive ketones (excluding diaryl/α,β-unsaturated/α-hetero) is 1. The number of carbonyl (C=O) groups excluding carboxylic acids is 1. The zero-order valence-corrected chi connectivity index (χ0v) is 16.7. The zero-order chi connectivity index (χ0) is 21.7. The van der Waals surface area contributed by atoms with Crippen molar-refractivity contribution in [3.63, 3.8) is 0 Å². The van der Waals surface area contributed by atoms with E-state index in [1.807, 2.05) is 18.2 Å². The summed E-state index contributed by atoms with van der Waals surface area (Å²) < 4.78 is 17.3. The lowest BCUT2D eigenvalue weighted by atomic mass is 9.88. The molecule has 7 nitrogen and oxygen atoms in total. The van der Waals surface area contributed by atoms with Crippen LogP contribution in [-0.4, -0.2) is 24.9 Å². The first-order valence-electron chi connectivity index (χ1n) is 9.59. The summed E-state index contributed by atoms with van der Waals surface area (Å²) in [6, 6.07) is 17.1. The highest BCUT2D eigenvalue weighted by atomic mass is 16.6. The minimum Gasteiger partial charge on any atom is -0.493 e. The molecule has 0 spiro atoms. The number of nitro benzene ring substituents is 1. The van der Waals surface area contributed by atoms with E-state index in [4.69, 9.17) is 14.2 Å². The minimum absolute atomic E-state index is 0.0363. The lowest BCUT2D eigenvalue weighted by Gasteiger charge is -2.29. The molecule has 5 rings (SSSR count). The third kappa shape index (κ3) is 2.78. The molecule has 0 bridgehead atoms. The Morgan fingerprint density at radius 1 is 0.903 bits per heavy atom. The van der Waals surface area contributed by atoms with Crippen LogP contribution in [-0.2, 0) is 4.74 Å². The van der Waals surface area contributed by atoms with Crippen LogP contribution in [0.2, 0.25) is 0 Å². The summed E-state index contributed by atoms with van der Waals surface area (Å²) in [5.41, 5.74) is 3.64. The highest BCUT2D eigenvalue weighted by Crippen LogP contribution is 2.51. The molecule has 1 heterocycles. The van der Waals surface area contributed by atoms with Gasteiger partial charge in [0.15, 0.2) is 17.3 Å². The number of carbonyl (C=O) groups is 1. The number of fused-ring (bicyclic) bond motifs is 4. The van der Waals surface area contributed by atoms with Crippen LogP contribution in [0.5, 0.6) is 11.5 Å². The summed E-state index contributed by atoms with van der Waals surface area (Å²) in [5.74, 6) is 1.30. The second-order valence-electron chi connectivity index (χ2n) is 7.22. The summed E-state index contributed by atoms with van der Waals surface area (Å²) in [5, 5.41) is 11.3. The van der Waals surface area contributed by atoms with Gasteiger partial charge in [-0.25, -0.2) is 0 Å². The number of rotatable bonds is 4. The number of hydrogen-bond donors (Lipinski definition) is 0. The fraction of sp³-hybridized carbons (Fsp3) is 0.125. The van der Waals surface area contributed by atoms with Gasteiger partial charge in [0.2, 0.25) is 0 Å². The van der Waals surface area contributed by atoms with Crippen LogP contribution in [0.25, 0.3) is 11.3 Å². The molecule has 0 radical (unpaired) electrons. The summed E-state index contributed by atoms with van der Waals surface area (Å²) in [6.45, 7) is 0. The maximum atomic E-state index is 13.2. The first-order chi connectivity index (χ1) is 15.0. The van der Waals surface area contributed by atoms with E-state index >= 15 is 0 Å². The largest absolute Gasteiger partial charge is 0.493 e. The van der Waals surface area contributed by atoms with E-state index in [9.17, 15) is 14.9 Å². The number of ketones is 1. The molecule has 1 atom stereocenters. The lowest BCUT2D eigenvalue weighted by molar-refractivity contribution is -0.385. The fourth-order valence-corrected chi connectivity index (χ4v) is 4.18. The van der Waals surface area contributed by atoms with E-state index in [0.29, 0.717) is 50.6 Å². The summed E-state index contributed by atoms with van der Waals surface area (Å²) >= 11 is 0. The molecule has 0 saturated carbocycles. The van der Waals surface area contributed by atoms with Crippen molar-refractivity contribution in [2.75, 3.05) is 14.2 Å². The van der Waals surface area contributed by atoms with Gasteiger partial charge in [0.25, 0.3) is 5.69 Å². The number of nitrogens with zero attached hydrogens (tertiary/aromatic N) is 1. The van der Waals surface area contributed by atoms with E-state index in [1.165, 1.54) is 26.4 Å². The normalized spacial score (nSPS) is 16.2. The Morgan fingerprint density at radius 2 is 1.61 bits per heavy atom. The first-order valence-corrected chi connectivity index (χ1v) is 9.59. The van der Waals surface area contributed by atoms with Gasteiger partial charge in [-0.3, -0.25) is 14.9 Å². The van der Waals surface area contributed by atoms with Crippen molar-refractivity contribution in [1.82, 2.24) is 0 Å². The molecule has 1 aliphatic heterocycles. The quantitative estimate of drug-likeness (QED) is 0.449. The molecule has 1 aliphatic carbocycles. The first kappa shape index (κ1) is 18.9. The van der Waals surface area contributed by atoms with Crippen LogP contribution >= 0.6 is 0 Å². The molecule has 0 N–H and O–H groups in total. The van der Waals surface area contributed by atoms with Gasteiger partial charge in [0, 0.05) is 39.9 Å². The number of hydrogen-bond acceptors (Lipinski definition) is 6. The second-order valence-corrected chi connectivity index (χ2v) is 7.22. The van der Waals surface area contributed by atoms with Crippen LogP contribution < -0.4 is 9.47 Å². The predicted octanol–water partition coefficient (Wildman–Crippen LogP) is 4.80. The molecular weight excluding hydrogens is 398 g/mol. The second kappa shape index (κ2) is 6.98. The number of benzene rings is 3. The maximum Gasteiger partial charge on any atom is 0.269 e. The topological polar surface area (TPSA) is 87.9 Å². The van der Waals surface area contributed by atoms with Gasteiger partial charge in [-0.1, -0.05) is 36.4 Å². The van der Waals surface area contributed by atoms with Crippen molar-refractivity contribution >= 4 is 22.8 Å². The van der Waals surface area contributed by atoms with Gasteiger partial charge in [0.1, 0.15) is 11.9 Å². The fourth-order valence-electron chi connectivity index (χ4n) is 4.18. The molecule has 3 aromatic rings. The van der Waals surface area contributed by atoms with Gasteiger partial charge >= 0.3 is 0 Å². The Labute approximate surface area is 177 Å². The zero-order valence-electron chi connectivity index (χ0n) is 16.7. The highest BCUT2D eigenvalue weighted by Gasteiger charge is 2.40. The SMILES string of the molecule is COc1cc2c(cc1OC)[C@H](c1cccc([N+](=O)[O-])c1)OC1=C2C(=O)c2ccccc21. The van der Waals surface area contributed by atoms with Crippen LogP contribution in [0.15, 0.2) is 60.7 Å².